The molecule has 1 aromatic carbocycles. The van der Waals surface area contributed by atoms with Crippen LogP contribution in [0.25, 0.3) is 5.69 Å². The van der Waals surface area contributed by atoms with Gasteiger partial charge in [0.1, 0.15) is 11.3 Å². The van der Waals surface area contributed by atoms with Crippen LogP contribution in [0.5, 0.6) is 5.75 Å². The summed E-state index contributed by atoms with van der Waals surface area (Å²) in [5, 5.41) is 25.2. The SMILES string of the molecule is N#Cc1cc(-n2ccnn2)c(O)c(C(F)(F)F)c1. The molecule has 18 heavy (non-hydrogen) atoms. The third-order valence-electron chi connectivity index (χ3n) is 2.19. The zero-order valence-electron chi connectivity index (χ0n) is 8.68. The first-order chi connectivity index (χ1) is 8.43. The van der Waals surface area contributed by atoms with Gasteiger partial charge in [-0.2, -0.15) is 18.4 Å². The second-order valence-electron chi connectivity index (χ2n) is 3.35. The molecule has 8 heteroatoms. The molecule has 0 radical (unpaired) electrons. The molecule has 0 fully saturated rings. The maximum atomic E-state index is 12.7. The van der Waals surface area contributed by atoms with Crippen molar-refractivity contribution in [2.75, 3.05) is 0 Å². The molecule has 0 amide bonds. The molecule has 1 N–H and O–H groups in total. The molecule has 2 rings (SSSR count). The van der Waals surface area contributed by atoms with Crippen molar-refractivity contribution in [1.82, 2.24) is 15.0 Å². The average Bonchev–Trinajstić information content (AvgIpc) is 2.81. The van der Waals surface area contributed by atoms with Crippen molar-refractivity contribution in [1.29, 1.82) is 5.26 Å². The Labute approximate surface area is 98.7 Å². The molecule has 0 aliphatic carbocycles. The standard InChI is InChI=1S/C10H5F3N4O/c11-10(12,13)7-3-6(5-14)4-8(9(7)18)17-2-1-15-16-17/h1-4,18H. The molecule has 0 aliphatic heterocycles. The zero-order chi connectivity index (χ0) is 13.3. The van der Waals surface area contributed by atoms with E-state index in [1.165, 1.54) is 12.4 Å². The van der Waals surface area contributed by atoms with Gasteiger partial charge < -0.3 is 5.11 Å². The molecule has 0 unspecified atom stereocenters. The molecule has 0 saturated carbocycles. The molecule has 92 valence electrons. The van der Waals surface area contributed by atoms with Gasteiger partial charge in [0.2, 0.25) is 0 Å². The number of hydrogen-bond donors (Lipinski definition) is 1. The fraction of sp³-hybridized carbons (Fsp3) is 0.100. The number of hydrogen-bond acceptors (Lipinski definition) is 4. The summed E-state index contributed by atoms with van der Waals surface area (Å²) >= 11 is 0. The molecular formula is C10H5F3N4O. The highest BCUT2D eigenvalue weighted by atomic mass is 19.4. The fourth-order valence-electron chi connectivity index (χ4n) is 1.41. The van der Waals surface area contributed by atoms with Crippen LogP contribution in [0.1, 0.15) is 11.1 Å². The topological polar surface area (TPSA) is 74.7 Å². The maximum Gasteiger partial charge on any atom is 0.420 e. The van der Waals surface area contributed by atoms with Gasteiger partial charge in [-0.15, -0.1) is 5.10 Å². The molecular weight excluding hydrogens is 249 g/mol. The minimum atomic E-state index is -4.76. The predicted octanol–water partition coefficient (Wildman–Crippen LogP) is 1.86. The van der Waals surface area contributed by atoms with Gasteiger partial charge in [-0.1, -0.05) is 5.21 Å². The normalized spacial score (nSPS) is 11.2. The number of aromatic nitrogens is 3. The zero-order valence-corrected chi connectivity index (χ0v) is 8.68. The molecule has 0 atom stereocenters. The Morgan fingerprint density at radius 2 is 2.06 bits per heavy atom. The first-order valence-electron chi connectivity index (χ1n) is 4.64. The summed E-state index contributed by atoms with van der Waals surface area (Å²) in [6, 6.07) is 3.27. The lowest BCUT2D eigenvalue weighted by Gasteiger charge is -2.12. The lowest BCUT2D eigenvalue weighted by atomic mass is 10.1. The Kier molecular flexibility index (Phi) is 2.67. The molecule has 5 nitrogen and oxygen atoms in total. The van der Waals surface area contributed by atoms with Gasteiger partial charge in [0, 0.05) is 0 Å². The van der Waals surface area contributed by atoms with Crippen LogP contribution in [-0.2, 0) is 6.18 Å². The van der Waals surface area contributed by atoms with Gasteiger partial charge >= 0.3 is 6.18 Å². The van der Waals surface area contributed by atoms with Crippen molar-refractivity contribution >= 4 is 0 Å². The second-order valence-corrected chi connectivity index (χ2v) is 3.35. The quantitative estimate of drug-likeness (QED) is 0.842. The van der Waals surface area contributed by atoms with Gasteiger partial charge in [0.05, 0.1) is 24.0 Å². The lowest BCUT2D eigenvalue weighted by molar-refractivity contribution is -0.138. The van der Waals surface area contributed by atoms with Crippen LogP contribution < -0.4 is 0 Å². The summed E-state index contributed by atoms with van der Waals surface area (Å²) in [4.78, 5) is 0. The maximum absolute atomic E-state index is 12.7. The monoisotopic (exact) mass is 254 g/mol. The summed E-state index contributed by atoms with van der Waals surface area (Å²) < 4.78 is 39.0. The van der Waals surface area contributed by atoms with E-state index in [9.17, 15) is 18.3 Å². The minimum absolute atomic E-state index is 0.231. The molecule has 0 spiro atoms. The number of benzene rings is 1. The van der Waals surface area contributed by atoms with Crippen molar-refractivity contribution in [3.63, 3.8) is 0 Å². The largest absolute Gasteiger partial charge is 0.505 e. The summed E-state index contributed by atoms with van der Waals surface area (Å²) in [5.74, 6) is -0.994. The average molecular weight is 254 g/mol. The van der Waals surface area contributed by atoms with E-state index in [2.05, 4.69) is 10.3 Å². The van der Waals surface area contributed by atoms with Crippen molar-refractivity contribution in [2.45, 2.75) is 6.18 Å². The van der Waals surface area contributed by atoms with Crippen LogP contribution in [0.15, 0.2) is 24.5 Å². The summed E-state index contributed by atoms with van der Waals surface area (Å²) in [5.41, 5.74) is -1.77. The Morgan fingerprint density at radius 3 is 2.56 bits per heavy atom. The Hall–Kier alpha value is -2.56. The number of halogens is 3. The van der Waals surface area contributed by atoms with E-state index in [-0.39, 0.29) is 11.3 Å². The Bertz CT molecular complexity index is 613. The van der Waals surface area contributed by atoms with E-state index in [4.69, 9.17) is 5.26 Å². The number of aromatic hydroxyl groups is 1. The number of phenols is 1. The highest BCUT2D eigenvalue weighted by molar-refractivity contribution is 5.56. The van der Waals surface area contributed by atoms with E-state index in [0.29, 0.717) is 6.07 Å². The van der Waals surface area contributed by atoms with Crippen LogP contribution >= 0.6 is 0 Å². The van der Waals surface area contributed by atoms with Gasteiger partial charge in [0.25, 0.3) is 0 Å². The van der Waals surface area contributed by atoms with E-state index in [1.807, 2.05) is 0 Å². The number of rotatable bonds is 1. The van der Waals surface area contributed by atoms with Crippen LogP contribution in [0.4, 0.5) is 13.2 Å². The number of phenolic OH excluding ortho intramolecular Hbond substituents is 1. The Balaban J connectivity index is 2.72. The molecule has 0 saturated heterocycles. The smallest absolute Gasteiger partial charge is 0.420 e. The number of nitriles is 1. The van der Waals surface area contributed by atoms with E-state index < -0.39 is 17.5 Å². The molecule has 0 bridgehead atoms. The van der Waals surface area contributed by atoms with E-state index in [0.717, 1.165) is 10.7 Å². The van der Waals surface area contributed by atoms with Crippen molar-refractivity contribution < 1.29 is 18.3 Å². The minimum Gasteiger partial charge on any atom is -0.505 e. The van der Waals surface area contributed by atoms with Gasteiger partial charge in [-0.3, -0.25) is 0 Å². The Morgan fingerprint density at radius 1 is 1.33 bits per heavy atom. The van der Waals surface area contributed by atoms with Crippen LogP contribution in [0.3, 0.4) is 0 Å². The second kappa shape index (κ2) is 4.03. The molecule has 2 aromatic rings. The van der Waals surface area contributed by atoms with E-state index in [1.54, 1.807) is 6.07 Å². The van der Waals surface area contributed by atoms with Gasteiger partial charge in [0.15, 0.2) is 5.75 Å². The number of nitrogens with zero attached hydrogens (tertiary/aromatic N) is 4. The first-order valence-corrected chi connectivity index (χ1v) is 4.64. The molecule has 0 aliphatic rings. The van der Waals surface area contributed by atoms with Crippen LogP contribution in [0, 0.1) is 11.3 Å². The summed E-state index contributed by atoms with van der Waals surface area (Å²) in [7, 11) is 0. The third-order valence-corrected chi connectivity index (χ3v) is 2.19. The highest BCUT2D eigenvalue weighted by Crippen LogP contribution is 2.39. The van der Waals surface area contributed by atoms with Crippen molar-refractivity contribution in [3.8, 4) is 17.5 Å². The van der Waals surface area contributed by atoms with Gasteiger partial charge in [-0.25, -0.2) is 4.68 Å². The summed E-state index contributed by atoms with van der Waals surface area (Å²) in [6.07, 6.45) is -2.26. The molecule has 1 heterocycles. The third kappa shape index (κ3) is 1.98. The van der Waals surface area contributed by atoms with Crippen LogP contribution in [0.2, 0.25) is 0 Å². The number of alkyl halides is 3. The summed E-state index contributed by atoms with van der Waals surface area (Å²) in [6.45, 7) is 0. The molecule has 1 aromatic heterocycles. The van der Waals surface area contributed by atoms with Crippen LogP contribution in [-0.4, -0.2) is 20.1 Å². The van der Waals surface area contributed by atoms with Gasteiger partial charge in [-0.05, 0) is 12.1 Å². The predicted molar refractivity (Wildman–Crippen MR) is 52.7 cm³/mol. The first kappa shape index (κ1) is 11.9. The van der Waals surface area contributed by atoms with Crippen molar-refractivity contribution in [3.05, 3.63) is 35.7 Å². The fourth-order valence-corrected chi connectivity index (χ4v) is 1.41. The highest BCUT2D eigenvalue weighted by Gasteiger charge is 2.35. The van der Waals surface area contributed by atoms with Crippen molar-refractivity contribution in [2.24, 2.45) is 0 Å². The lowest BCUT2D eigenvalue weighted by Crippen LogP contribution is -2.08. The van der Waals surface area contributed by atoms with E-state index >= 15 is 0 Å².